The third-order valence-electron chi connectivity index (χ3n) is 3.87. The van der Waals surface area contributed by atoms with Crippen molar-refractivity contribution in [3.8, 4) is 11.5 Å². The number of nitrogens with zero attached hydrogens (tertiary/aromatic N) is 5. The summed E-state index contributed by atoms with van der Waals surface area (Å²) in [6.07, 6.45) is 1.25. The number of aromatic nitrogens is 4. The molecule has 0 unspecified atom stereocenters. The Balaban J connectivity index is 1.72. The first-order valence-electron chi connectivity index (χ1n) is 7.74. The Morgan fingerprint density at radius 1 is 1.19 bits per heavy atom. The molecule has 0 atom stereocenters. The van der Waals surface area contributed by atoms with Crippen LogP contribution in [-0.4, -0.2) is 24.7 Å². The summed E-state index contributed by atoms with van der Waals surface area (Å²) in [5, 5.41) is 18.8. The van der Waals surface area contributed by atoms with E-state index in [0.717, 1.165) is 4.57 Å². The van der Waals surface area contributed by atoms with Crippen LogP contribution in [0.5, 0.6) is 0 Å². The minimum atomic E-state index is -0.634. The SMILES string of the molecule is O=c1c2c([N+](=O)[O-])cccc2ncn1Cc1nnc(-c2cccc(F)c2)o1. The number of halogens is 1. The maximum absolute atomic E-state index is 13.3. The first-order chi connectivity index (χ1) is 13.0. The molecule has 0 amide bonds. The summed E-state index contributed by atoms with van der Waals surface area (Å²) in [5.41, 5.74) is -0.312. The largest absolute Gasteiger partial charge is 0.419 e. The summed E-state index contributed by atoms with van der Waals surface area (Å²) in [6, 6.07) is 9.85. The fourth-order valence-electron chi connectivity index (χ4n) is 2.65. The molecule has 9 nitrogen and oxygen atoms in total. The van der Waals surface area contributed by atoms with E-state index in [0.29, 0.717) is 5.56 Å². The van der Waals surface area contributed by atoms with Crippen LogP contribution < -0.4 is 5.56 Å². The highest BCUT2D eigenvalue weighted by molar-refractivity contribution is 5.86. The number of nitro benzene ring substituents is 1. The Hall–Kier alpha value is -3.95. The van der Waals surface area contributed by atoms with E-state index in [1.165, 1.54) is 42.7 Å². The van der Waals surface area contributed by atoms with Gasteiger partial charge < -0.3 is 4.42 Å². The van der Waals surface area contributed by atoms with Crippen LogP contribution in [0, 0.1) is 15.9 Å². The molecule has 0 radical (unpaired) electrons. The van der Waals surface area contributed by atoms with Gasteiger partial charge in [0.15, 0.2) is 0 Å². The predicted molar refractivity (Wildman–Crippen MR) is 91.5 cm³/mol. The van der Waals surface area contributed by atoms with E-state index in [1.54, 1.807) is 6.07 Å². The van der Waals surface area contributed by atoms with Gasteiger partial charge in [-0.3, -0.25) is 19.5 Å². The molecule has 2 aromatic heterocycles. The zero-order valence-electron chi connectivity index (χ0n) is 13.6. The van der Waals surface area contributed by atoms with Crippen LogP contribution in [0.15, 0.2) is 58.0 Å². The molecule has 0 N–H and O–H groups in total. The molecule has 0 aliphatic rings. The average molecular weight is 367 g/mol. The zero-order chi connectivity index (χ0) is 19.0. The lowest BCUT2D eigenvalue weighted by atomic mass is 10.2. The van der Waals surface area contributed by atoms with Crippen molar-refractivity contribution in [1.29, 1.82) is 0 Å². The van der Waals surface area contributed by atoms with Gasteiger partial charge in [0.2, 0.25) is 11.8 Å². The van der Waals surface area contributed by atoms with Crippen molar-refractivity contribution in [2.45, 2.75) is 6.54 Å². The molecular formula is C17H10FN5O4. The van der Waals surface area contributed by atoms with Crippen molar-refractivity contribution in [3.63, 3.8) is 0 Å². The summed E-state index contributed by atoms with van der Waals surface area (Å²) < 4.78 is 19.9. The average Bonchev–Trinajstić information content (AvgIpc) is 3.12. The molecule has 0 saturated carbocycles. The third kappa shape index (κ3) is 3.03. The van der Waals surface area contributed by atoms with Gasteiger partial charge in [-0.1, -0.05) is 12.1 Å². The number of benzene rings is 2. The molecule has 0 bridgehead atoms. The lowest BCUT2D eigenvalue weighted by Gasteiger charge is -2.04. The van der Waals surface area contributed by atoms with Gasteiger partial charge in [0, 0.05) is 11.6 Å². The van der Waals surface area contributed by atoms with Crippen molar-refractivity contribution < 1.29 is 13.7 Å². The highest BCUT2D eigenvalue weighted by atomic mass is 19.1. The normalized spacial score (nSPS) is 11.0. The number of hydrogen-bond donors (Lipinski definition) is 0. The highest BCUT2D eigenvalue weighted by Crippen LogP contribution is 2.21. The molecule has 10 heteroatoms. The van der Waals surface area contributed by atoms with Crippen molar-refractivity contribution in [1.82, 2.24) is 19.7 Å². The molecule has 4 aromatic rings. The van der Waals surface area contributed by atoms with E-state index in [1.807, 2.05) is 0 Å². The standard InChI is InChI=1S/C17H10FN5O4/c18-11-4-1-3-10(7-11)16-21-20-14(27-16)8-22-9-19-12-5-2-6-13(23(25)26)15(12)17(22)24/h1-7,9H,8H2. The maximum Gasteiger partial charge on any atom is 0.284 e. The van der Waals surface area contributed by atoms with E-state index >= 15 is 0 Å². The monoisotopic (exact) mass is 367 g/mol. The molecule has 2 aromatic carbocycles. The number of hydrogen-bond acceptors (Lipinski definition) is 7. The van der Waals surface area contributed by atoms with Gasteiger partial charge in [-0.15, -0.1) is 10.2 Å². The lowest BCUT2D eigenvalue weighted by Crippen LogP contribution is -2.22. The van der Waals surface area contributed by atoms with Gasteiger partial charge >= 0.3 is 0 Å². The smallest absolute Gasteiger partial charge is 0.284 e. The van der Waals surface area contributed by atoms with E-state index in [2.05, 4.69) is 15.2 Å². The first kappa shape index (κ1) is 16.5. The second-order valence-electron chi connectivity index (χ2n) is 5.62. The highest BCUT2D eigenvalue weighted by Gasteiger charge is 2.18. The Kier molecular flexibility index (Phi) is 3.92. The second-order valence-corrected chi connectivity index (χ2v) is 5.62. The fraction of sp³-hybridized carbons (Fsp3) is 0.0588. The molecule has 134 valence electrons. The van der Waals surface area contributed by atoms with Crippen LogP contribution in [0.3, 0.4) is 0 Å². The van der Waals surface area contributed by atoms with Crippen LogP contribution in [0.1, 0.15) is 5.89 Å². The van der Waals surface area contributed by atoms with Crippen molar-refractivity contribution in [2.75, 3.05) is 0 Å². The van der Waals surface area contributed by atoms with Crippen LogP contribution in [0.25, 0.3) is 22.4 Å². The Morgan fingerprint density at radius 2 is 2.00 bits per heavy atom. The molecule has 27 heavy (non-hydrogen) atoms. The zero-order valence-corrected chi connectivity index (χ0v) is 13.6. The minimum Gasteiger partial charge on any atom is -0.419 e. The topological polar surface area (TPSA) is 117 Å². The summed E-state index contributed by atoms with van der Waals surface area (Å²) in [7, 11) is 0. The number of non-ortho nitro benzene ring substituents is 1. The second kappa shape index (κ2) is 6.41. The van der Waals surface area contributed by atoms with Crippen LogP contribution >= 0.6 is 0 Å². The molecule has 4 rings (SSSR count). The quantitative estimate of drug-likeness (QED) is 0.402. The van der Waals surface area contributed by atoms with E-state index < -0.39 is 16.3 Å². The summed E-state index contributed by atoms with van der Waals surface area (Å²) in [5.74, 6) is -0.275. The van der Waals surface area contributed by atoms with E-state index in [4.69, 9.17) is 4.42 Å². The molecule has 0 aliphatic heterocycles. The Morgan fingerprint density at radius 3 is 2.78 bits per heavy atom. The van der Waals surface area contributed by atoms with Gasteiger partial charge in [0.05, 0.1) is 16.8 Å². The van der Waals surface area contributed by atoms with Gasteiger partial charge in [-0.2, -0.15) is 0 Å². The number of rotatable bonds is 4. The summed E-state index contributed by atoms with van der Waals surface area (Å²) in [4.78, 5) is 27.3. The molecule has 0 aliphatic carbocycles. The first-order valence-corrected chi connectivity index (χ1v) is 7.74. The van der Waals surface area contributed by atoms with Gasteiger partial charge in [0.25, 0.3) is 11.2 Å². The van der Waals surface area contributed by atoms with Gasteiger partial charge in [0.1, 0.15) is 17.7 Å². The maximum atomic E-state index is 13.3. The Bertz CT molecular complexity index is 1230. The van der Waals surface area contributed by atoms with Crippen LogP contribution in [-0.2, 0) is 6.54 Å². The Labute approximate surface area is 149 Å². The van der Waals surface area contributed by atoms with Crippen LogP contribution in [0.2, 0.25) is 0 Å². The predicted octanol–water partition coefficient (Wildman–Crippen LogP) is 2.54. The fourth-order valence-corrected chi connectivity index (χ4v) is 2.65. The van der Waals surface area contributed by atoms with E-state index in [9.17, 15) is 19.3 Å². The molecule has 0 saturated heterocycles. The molecular weight excluding hydrogens is 357 g/mol. The summed E-state index contributed by atoms with van der Waals surface area (Å²) in [6.45, 7) is -0.129. The lowest BCUT2D eigenvalue weighted by molar-refractivity contribution is -0.383. The molecule has 0 fully saturated rings. The van der Waals surface area contributed by atoms with Crippen molar-refractivity contribution in [3.05, 3.63) is 81.0 Å². The van der Waals surface area contributed by atoms with Gasteiger partial charge in [-0.25, -0.2) is 9.37 Å². The molecule has 0 spiro atoms. The van der Waals surface area contributed by atoms with E-state index in [-0.39, 0.29) is 34.9 Å². The number of nitro groups is 1. The third-order valence-corrected chi connectivity index (χ3v) is 3.87. The van der Waals surface area contributed by atoms with Crippen molar-refractivity contribution in [2.24, 2.45) is 0 Å². The number of fused-ring (bicyclic) bond motifs is 1. The molecule has 2 heterocycles. The van der Waals surface area contributed by atoms with Crippen molar-refractivity contribution >= 4 is 16.6 Å². The van der Waals surface area contributed by atoms with Crippen LogP contribution in [0.4, 0.5) is 10.1 Å². The summed E-state index contributed by atoms with van der Waals surface area (Å²) >= 11 is 0. The van der Waals surface area contributed by atoms with Gasteiger partial charge in [-0.05, 0) is 24.3 Å². The minimum absolute atomic E-state index is 0.0797.